The third-order valence-corrected chi connectivity index (χ3v) is 6.85. The zero-order valence-corrected chi connectivity index (χ0v) is 16.7. The van der Waals surface area contributed by atoms with E-state index in [1.807, 2.05) is 32.7 Å². The first kappa shape index (κ1) is 18.1. The number of rotatable bonds is 3. The maximum Gasteiger partial charge on any atom is 0.268 e. The number of hydrogen-bond donors (Lipinski definition) is 0. The van der Waals surface area contributed by atoms with Crippen LogP contribution in [0.3, 0.4) is 0 Å². The van der Waals surface area contributed by atoms with E-state index in [0.29, 0.717) is 40.1 Å². The van der Waals surface area contributed by atoms with E-state index in [1.165, 1.54) is 4.31 Å². The van der Waals surface area contributed by atoms with Crippen LogP contribution in [0, 0.1) is 13.8 Å². The van der Waals surface area contributed by atoms with Gasteiger partial charge in [0.05, 0.1) is 29.3 Å². The molecule has 0 saturated carbocycles. The topological polar surface area (TPSA) is 58.4 Å². The molecule has 1 aromatic carbocycles. The van der Waals surface area contributed by atoms with Crippen molar-refractivity contribution in [2.24, 2.45) is 0 Å². The highest BCUT2D eigenvalue weighted by atomic mass is 35.5. The molecule has 0 fully saturated rings. The summed E-state index contributed by atoms with van der Waals surface area (Å²) in [5, 5.41) is 5.02. The summed E-state index contributed by atoms with van der Waals surface area (Å²) in [6.45, 7) is 8.53. The first-order chi connectivity index (χ1) is 11.6. The van der Waals surface area contributed by atoms with Crippen LogP contribution in [0.15, 0.2) is 23.1 Å². The molecular weight excluding hydrogens is 360 g/mol. The number of aromatic nitrogens is 2. The van der Waals surface area contributed by atoms with E-state index < -0.39 is 10.0 Å². The molecule has 136 valence electrons. The molecule has 0 amide bonds. The van der Waals surface area contributed by atoms with Crippen molar-refractivity contribution < 1.29 is 8.42 Å². The molecule has 3 rings (SSSR count). The smallest absolute Gasteiger partial charge is 0.268 e. The Hall–Kier alpha value is -1.73. The SMILES string of the molecule is Cc1nn(C(C)C)c(C)c1S(=O)(=O)N1CCN(C)c2cc(Cl)ccc21. The number of hydrogen-bond acceptors (Lipinski definition) is 4. The Kier molecular flexibility index (Phi) is 4.49. The van der Waals surface area contributed by atoms with Crippen LogP contribution >= 0.6 is 11.6 Å². The summed E-state index contributed by atoms with van der Waals surface area (Å²) >= 11 is 6.10. The average Bonchev–Trinajstić information content (AvgIpc) is 2.83. The highest BCUT2D eigenvalue weighted by molar-refractivity contribution is 7.93. The maximum atomic E-state index is 13.4. The minimum Gasteiger partial charge on any atom is -0.371 e. The predicted octanol–water partition coefficient (Wildman–Crippen LogP) is 3.38. The quantitative estimate of drug-likeness (QED) is 0.816. The van der Waals surface area contributed by atoms with Crippen molar-refractivity contribution in [3.8, 4) is 0 Å². The van der Waals surface area contributed by atoms with Gasteiger partial charge in [-0.1, -0.05) is 11.6 Å². The normalized spacial score (nSPS) is 15.0. The van der Waals surface area contributed by atoms with Crippen molar-refractivity contribution in [2.75, 3.05) is 29.3 Å². The van der Waals surface area contributed by atoms with E-state index in [9.17, 15) is 8.42 Å². The third kappa shape index (κ3) is 2.89. The van der Waals surface area contributed by atoms with Crippen LogP contribution in [0.25, 0.3) is 0 Å². The van der Waals surface area contributed by atoms with E-state index in [1.54, 1.807) is 29.8 Å². The Balaban J connectivity index is 2.16. The molecule has 25 heavy (non-hydrogen) atoms. The summed E-state index contributed by atoms with van der Waals surface area (Å²) < 4.78 is 30.1. The van der Waals surface area contributed by atoms with Crippen LogP contribution in [0.1, 0.15) is 31.3 Å². The van der Waals surface area contributed by atoms with Gasteiger partial charge in [-0.15, -0.1) is 0 Å². The van der Waals surface area contributed by atoms with Crippen molar-refractivity contribution in [1.82, 2.24) is 9.78 Å². The lowest BCUT2D eigenvalue weighted by atomic mass is 10.2. The van der Waals surface area contributed by atoms with Gasteiger partial charge in [0.25, 0.3) is 10.0 Å². The summed E-state index contributed by atoms with van der Waals surface area (Å²) in [5.41, 5.74) is 2.66. The number of nitrogens with zero attached hydrogens (tertiary/aromatic N) is 4. The lowest BCUT2D eigenvalue weighted by Crippen LogP contribution is -2.42. The molecule has 2 heterocycles. The Labute approximate surface area is 154 Å². The summed E-state index contributed by atoms with van der Waals surface area (Å²) in [5.74, 6) is 0. The Bertz CT molecular complexity index is 921. The Morgan fingerprint density at radius 1 is 1.16 bits per heavy atom. The van der Waals surface area contributed by atoms with E-state index in [2.05, 4.69) is 5.10 Å². The fraction of sp³-hybridized carbons (Fsp3) is 0.471. The van der Waals surface area contributed by atoms with Crippen LogP contribution in [-0.2, 0) is 10.0 Å². The van der Waals surface area contributed by atoms with Crippen molar-refractivity contribution in [3.63, 3.8) is 0 Å². The highest BCUT2D eigenvalue weighted by Crippen LogP contribution is 2.38. The Morgan fingerprint density at radius 2 is 1.84 bits per heavy atom. The second-order valence-corrected chi connectivity index (χ2v) is 8.91. The van der Waals surface area contributed by atoms with Crippen molar-refractivity contribution in [1.29, 1.82) is 0 Å². The van der Waals surface area contributed by atoms with Gasteiger partial charge in [0.2, 0.25) is 0 Å². The summed E-state index contributed by atoms with van der Waals surface area (Å²) in [6, 6.07) is 5.39. The van der Waals surface area contributed by atoms with Gasteiger partial charge in [-0.3, -0.25) is 8.99 Å². The summed E-state index contributed by atoms with van der Waals surface area (Å²) in [4.78, 5) is 2.32. The van der Waals surface area contributed by atoms with Gasteiger partial charge >= 0.3 is 0 Å². The number of anilines is 2. The summed E-state index contributed by atoms with van der Waals surface area (Å²) in [6.07, 6.45) is 0. The second kappa shape index (κ2) is 6.21. The molecule has 1 aromatic heterocycles. The number of likely N-dealkylation sites (N-methyl/N-ethyl adjacent to an activating group) is 1. The first-order valence-electron chi connectivity index (χ1n) is 8.23. The van der Waals surface area contributed by atoms with E-state index in [0.717, 1.165) is 5.69 Å². The van der Waals surface area contributed by atoms with Crippen LogP contribution in [0.4, 0.5) is 11.4 Å². The molecular formula is C17H23ClN4O2S. The fourth-order valence-corrected chi connectivity index (χ4v) is 5.38. The fourth-order valence-electron chi connectivity index (χ4n) is 3.38. The lowest BCUT2D eigenvalue weighted by Gasteiger charge is -2.36. The van der Waals surface area contributed by atoms with E-state index in [4.69, 9.17) is 11.6 Å². The van der Waals surface area contributed by atoms with E-state index >= 15 is 0 Å². The molecule has 0 spiro atoms. The second-order valence-electron chi connectivity index (χ2n) is 6.67. The molecule has 6 nitrogen and oxygen atoms in total. The van der Waals surface area contributed by atoms with Gasteiger partial charge in [-0.05, 0) is 45.9 Å². The van der Waals surface area contributed by atoms with Gasteiger partial charge in [-0.25, -0.2) is 8.42 Å². The van der Waals surface area contributed by atoms with Crippen molar-refractivity contribution in [2.45, 2.75) is 38.6 Å². The molecule has 2 aromatic rings. The maximum absolute atomic E-state index is 13.4. The molecule has 0 atom stereocenters. The van der Waals surface area contributed by atoms with Gasteiger partial charge < -0.3 is 4.90 Å². The predicted molar refractivity (Wildman–Crippen MR) is 101 cm³/mol. The average molecular weight is 383 g/mol. The Morgan fingerprint density at radius 3 is 2.44 bits per heavy atom. The standard InChI is InChI=1S/C17H23ClN4O2S/c1-11(2)22-13(4)17(12(3)19-22)25(23,24)21-9-8-20(5)16-10-14(18)6-7-15(16)21/h6-7,10-11H,8-9H2,1-5H3. The van der Waals surface area contributed by atoms with Gasteiger partial charge in [0.15, 0.2) is 0 Å². The van der Waals surface area contributed by atoms with Gasteiger partial charge in [-0.2, -0.15) is 5.10 Å². The van der Waals surface area contributed by atoms with Gasteiger partial charge in [0, 0.05) is 24.7 Å². The molecule has 0 aliphatic carbocycles. The van der Waals surface area contributed by atoms with Crippen LogP contribution in [-0.4, -0.2) is 38.3 Å². The lowest BCUT2D eigenvalue weighted by molar-refractivity contribution is 0.514. The zero-order chi connectivity index (χ0) is 18.5. The molecule has 0 radical (unpaired) electrons. The van der Waals surface area contributed by atoms with Crippen molar-refractivity contribution >= 4 is 33.0 Å². The zero-order valence-electron chi connectivity index (χ0n) is 15.1. The first-order valence-corrected chi connectivity index (χ1v) is 10.1. The number of halogens is 1. The molecule has 1 aliphatic heterocycles. The number of aryl methyl sites for hydroxylation is 1. The van der Waals surface area contributed by atoms with Gasteiger partial charge in [0.1, 0.15) is 4.90 Å². The molecule has 8 heteroatoms. The minimum atomic E-state index is -3.71. The number of fused-ring (bicyclic) bond motifs is 1. The molecule has 0 N–H and O–H groups in total. The van der Waals surface area contributed by atoms with E-state index in [-0.39, 0.29) is 6.04 Å². The largest absolute Gasteiger partial charge is 0.371 e. The highest BCUT2D eigenvalue weighted by Gasteiger charge is 2.35. The molecule has 0 saturated heterocycles. The number of sulfonamides is 1. The minimum absolute atomic E-state index is 0.0984. The molecule has 0 unspecified atom stereocenters. The van der Waals surface area contributed by atoms with Crippen LogP contribution in [0.2, 0.25) is 5.02 Å². The number of benzene rings is 1. The monoisotopic (exact) mass is 382 g/mol. The molecule has 1 aliphatic rings. The van der Waals surface area contributed by atoms with Crippen LogP contribution in [0.5, 0.6) is 0 Å². The van der Waals surface area contributed by atoms with Crippen LogP contribution < -0.4 is 9.21 Å². The third-order valence-electron chi connectivity index (χ3n) is 4.55. The van der Waals surface area contributed by atoms with Crippen molar-refractivity contribution in [3.05, 3.63) is 34.6 Å². The summed E-state index contributed by atoms with van der Waals surface area (Å²) in [7, 11) is -1.77. The molecule has 0 bridgehead atoms.